The monoisotopic (exact) mass is 504 g/mol. The summed E-state index contributed by atoms with van der Waals surface area (Å²) < 4.78 is 2.18. The molecule has 1 aliphatic rings. The number of halogens is 1. The zero-order valence-corrected chi connectivity index (χ0v) is 20.0. The van der Waals surface area contributed by atoms with Gasteiger partial charge in [-0.2, -0.15) is 0 Å². The number of nitrogens with one attached hydrogen (secondary N) is 3. The molecule has 2 unspecified atom stereocenters. The van der Waals surface area contributed by atoms with Gasteiger partial charge in [0.25, 0.3) is 0 Å². The maximum absolute atomic E-state index is 12.3. The van der Waals surface area contributed by atoms with Crippen LogP contribution in [0.3, 0.4) is 0 Å². The van der Waals surface area contributed by atoms with Crippen LogP contribution in [0.5, 0.6) is 0 Å². The normalized spacial score (nSPS) is 19.8. The van der Waals surface area contributed by atoms with Crippen LogP contribution in [0.15, 0.2) is 17.4 Å². The smallest absolute Gasteiger partial charge is 0.223 e. The van der Waals surface area contributed by atoms with Gasteiger partial charge in [-0.25, -0.2) is 4.98 Å². The van der Waals surface area contributed by atoms with Crippen LogP contribution in [0, 0.1) is 12.8 Å². The summed E-state index contributed by atoms with van der Waals surface area (Å²) in [5.74, 6) is 2.20. The Morgan fingerprint density at radius 3 is 2.79 bits per heavy atom. The summed E-state index contributed by atoms with van der Waals surface area (Å²) in [7, 11) is 1.80. The van der Waals surface area contributed by atoms with E-state index in [4.69, 9.17) is 0 Å². The Labute approximate surface area is 186 Å². The number of hydrogen-bond acceptors (Lipinski definition) is 3. The fourth-order valence-electron chi connectivity index (χ4n) is 3.60. The molecule has 1 saturated carbocycles. The third-order valence-corrected chi connectivity index (χ3v) is 5.08. The minimum absolute atomic E-state index is 0. The number of carbonyl (C=O) groups is 1. The highest BCUT2D eigenvalue weighted by Crippen LogP contribution is 2.24. The topological polar surface area (TPSA) is 83.3 Å². The maximum atomic E-state index is 12.3. The van der Waals surface area contributed by atoms with E-state index >= 15 is 0 Å². The zero-order valence-electron chi connectivity index (χ0n) is 17.7. The number of aliphatic imine (C=N–C) groups is 1. The fraction of sp³-hybridized carbons (Fsp3) is 0.750. The van der Waals surface area contributed by atoms with Crippen molar-refractivity contribution < 1.29 is 4.79 Å². The van der Waals surface area contributed by atoms with Gasteiger partial charge in [-0.05, 0) is 52.9 Å². The minimum atomic E-state index is 0. The van der Waals surface area contributed by atoms with Crippen molar-refractivity contribution in [3.63, 3.8) is 0 Å². The first kappa shape index (κ1) is 24.7. The number of carbonyl (C=O) groups excluding carboxylic acids is 1. The highest BCUT2D eigenvalue weighted by molar-refractivity contribution is 14.0. The van der Waals surface area contributed by atoms with Crippen molar-refractivity contribution in [2.75, 3.05) is 13.6 Å². The molecule has 0 saturated heterocycles. The lowest BCUT2D eigenvalue weighted by atomic mass is 9.85. The molecule has 160 valence electrons. The number of amides is 1. The third kappa shape index (κ3) is 8.36. The lowest BCUT2D eigenvalue weighted by molar-refractivity contribution is -0.126. The zero-order chi connectivity index (χ0) is 19.6. The standard InChI is InChI=1S/C20H36N6O.HI/c1-15(2)24-19(27)17-8-7-9-18(14-17)25-20(21-4)23-10-5-6-12-26-13-11-22-16(26)3;/h11,13,15,17-18H,5-10,12,14H2,1-4H3,(H,24,27)(H2,21,23,25);1H. The number of hydrogen-bond donors (Lipinski definition) is 3. The number of aromatic nitrogens is 2. The first-order valence-electron chi connectivity index (χ1n) is 10.2. The van der Waals surface area contributed by atoms with Gasteiger partial charge in [0.05, 0.1) is 0 Å². The predicted molar refractivity (Wildman–Crippen MR) is 125 cm³/mol. The second-order valence-corrected chi connectivity index (χ2v) is 7.74. The van der Waals surface area contributed by atoms with Crippen molar-refractivity contribution in [1.82, 2.24) is 25.5 Å². The van der Waals surface area contributed by atoms with Gasteiger partial charge in [-0.3, -0.25) is 9.79 Å². The number of unbranched alkanes of at least 4 members (excludes halogenated alkanes) is 1. The number of nitrogens with zero attached hydrogens (tertiary/aromatic N) is 3. The van der Waals surface area contributed by atoms with Crippen LogP contribution in [-0.2, 0) is 11.3 Å². The molecule has 0 aliphatic heterocycles. The van der Waals surface area contributed by atoms with Gasteiger partial charge in [-0.15, -0.1) is 24.0 Å². The first-order chi connectivity index (χ1) is 13.0. The molecule has 8 heteroatoms. The molecule has 28 heavy (non-hydrogen) atoms. The van der Waals surface area contributed by atoms with E-state index < -0.39 is 0 Å². The second-order valence-electron chi connectivity index (χ2n) is 7.74. The van der Waals surface area contributed by atoms with Crippen LogP contribution in [0.25, 0.3) is 0 Å². The van der Waals surface area contributed by atoms with E-state index in [2.05, 4.69) is 30.5 Å². The van der Waals surface area contributed by atoms with E-state index in [1.807, 2.05) is 33.2 Å². The number of guanidine groups is 1. The summed E-state index contributed by atoms with van der Waals surface area (Å²) in [6, 6.07) is 0.507. The molecule has 1 aromatic heterocycles. The molecule has 0 aromatic carbocycles. The number of imidazole rings is 1. The van der Waals surface area contributed by atoms with E-state index in [0.717, 1.165) is 63.4 Å². The van der Waals surface area contributed by atoms with Crippen molar-refractivity contribution in [3.8, 4) is 0 Å². The summed E-state index contributed by atoms with van der Waals surface area (Å²) >= 11 is 0. The van der Waals surface area contributed by atoms with Gasteiger partial charge in [0.15, 0.2) is 5.96 Å². The van der Waals surface area contributed by atoms with Crippen molar-refractivity contribution in [2.45, 2.75) is 77.9 Å². The predicted octanol–water partition coefficient (Wildman–Crippen LogP) is 2.84. The van der Waals surface area contributed by atoms with Crippen LogP contribution in [0.1, 0.15) is 58.2 Å². The molecule has 0 bridgehead atoms. The van der Waals surface area contributed by atoms with Crippen LogP contribution in [0.2, 0.25) is 0 Å². The second kappa shape index (κ2) is 13.0. The minimum Gasteiger partial charge on any atom is -0.356 e. The average molecular weight is 504 g/mol. The quantitative estimate of drug-likeness (QED) is 0.220. The fourth-order valence-corrected chi connectivity index (χ4v) is 3.60. The Balaban J connectivity index is 0.00000392. The Morgan fingerprint density at radius 2 is 2.14 bits per heavy atom. The van der Waals surface area contributed by atoms with Crippen LogP contribution in [-0.4, -0.2) is 47.1 Å². The third-order valence-electron chi connectivity index (χ3n) is 5.08. The van der Waals surface area contributed by atoms with E-state index in [9.17, 15) is 4.79 Å². The van der Waals surface area contributed by atoms with E-state index in [-0.39, 0.29) is 41.8 Å². The number of aryl methyl sites for hydroxylation is 2. The van der Waals surface area contributed by atoms with Crippen molar-refractivity contribution in [1.29, 1.82) is 0 Å². The van der Waals surface area contributed by atoms with Gasteiger partial charge in [0.1, 0.15) is 5.82 Å². The Hall–Kier alpha value is -1.32. The molecule has 1 amide bonds. The summed E-state index contributed by atoms with van der Waals surface area (Å²) in [5, 5.41) is 9.95. The molecule has 7 nitrogen and oxygen atoms in total. The van der Waals surface area contributed by atoms with Crippen molar-refractivity contribution in [2.24, 2.45) is 10.9 Å². The molecule has 1 fully saturated rings. The highest BCUT2D eigenvalue weighted by atomic mass is 127. The SMILES string of the molecule is CN=C(NCCCCn1ccnc1C)NC1CCCC(C(=O)NC(C)C)C1.I. The molecular weight excluding hydrogens is 467 g/mol. The van der Waals surface area contributed by atoms with Gasteiger partial charge < -0.3 is 20.5 Å². The van der Waals surface area contributed by atoms with E-state index in [0.29, 0.717) is 6.04 Å². The van der Waals surface area contributed by atoms with E-state index in [1.54, 1.807) is 7.05 Å². The van der Waals surface area contributed by atoms with Gasteiger partial charge in [-0.1, -0.05) is 6.42 Å². The number of rotatable bonds is 8. The summed E-state index contributed by atoms with van der Waals surface area (Å²) in [6.07, 6.45) is 10.1. The molecule has 0 radical (unpaired) electrons. The molecule has 2 rings (SSSR count). The largest absolute Gasteiger partial charge is 0.356 e. The summed E-state index contributed by atoms with van der Waals surface area (Å²) in [4.78, 5) is 20.9. The Bertz CT molecular complexity index is 616. The lowest BCUT2D eigenvalue weighted by Crippen LogP contribution is -2.47. The summed E-state index contributed by atoms with van der Waals surface area (Å²) in [5.41, 5.74) is 0. The van der Waals surface area contributed by atoms with Gasteiger partial charge in [0, 0.05) is 50.5 Å². The van der Waals surface area contributed by atoms with Crippen LogP contribution in [0.4, 0.5) is 0 Å². The Morgan fingerprint density at radius 1 is 1.36 bits per heavy atom. The lowest BCUT2D eigenvalue weighted by Gasteiger charge is -2.30. The molecule has 0 spiro atoms. The molecule has 1 aliphatic carbocycles. The molecular formula is C20H37IN6O. The van der Waals surface area contributed by atoms with Crippen molar-refractivity contribution >= 4 is 35.8 Å². The van der Waals surface area contributed by atoms with Gasteiger partial charge in [0.2, 0.25) is 5.91 Å². The molecule has 2 atom stereocenters. The maximum Gasteiger partial charge on any atom is 0.223 e. The van der Waals surface area contributed by atoms with Crippen LogP contribution < -0.4 is 16.0 Å². The molecule has 1 aromatic rings. The Kier molecular flexibility index (Phi) is 11.5. The highest BCUT2D eigenvalue weighted by Gasteiger charge is 2.27. The van der Waals surface area contributed by atoms with Crippen LogP contribution >= 0.6 is 24.0 Å². The first-order valence-corrected chi connectivity index (χ1v) is 10.2. The molecule has 3 N–H and O–H groups in total. The van der Waals surface area contributed by atoms with Gasteiger partial charge >= 0.3 is 0 Å². The summed E-state index contributed by atoms with van der Waals surface area (Å²) in [6.45, 7) is 7.93. The van der Waals surface area contributed by atoms with Crippen molar-refractivity contribution in [3.05, 3.63) is 18.2 Å². The van der Waals surface area contributed by atoms with E-state index in [1.165, 1.54) is 0 Å². The molecule has 1 heterocycles. The average Bonchev–Trinajstić information content (AvgIpc) is 3.05.